The molecular weight excluding hydrogens is 353 g/mol. The number of fused-ring (bicyclic) bond motifs is 3. The summed E-state index contributed by atoms with van der Waals surface area (Å²) in [5.41, 5.74) is -1.70. The normalized spacial score (nSPS) is 30.8. The average molecular weight is 372 g/mol. The highest BCUT2D eigenvalue weighted by Gasteiger charge is 2.58. The van der Waals surface area contributed by atoms with Crippen LogP contribution in [0.2, 0.25) is 5.02 Å². The first-order valence-electron chi connectivity index (χ1n) is 8.07. The molecule has 3 N–H and O–H groups in total. The van der Waals surface area contributed by atoms with E-state index in [0.29, 0.717) is 25.7 Å². The number of carboxylic acids is 1. The minimum atomic E-state index is -1.09. The van der Waals surface area contributed by atoms with E-state index in [1.54, 1.807) is 0 Å². The van der Waals surface area contributed by atoms with Gasteiger partial charge in [-0.2, -0.15) is 0 Å². The topological polar surface area (TPSA) is 95.9 Å². The Balaban J connectivity index is 1.58. The van der Waals surface area contributed by atoms with Gasteiger partial charge in [0.1, 0.15) is 11.6 Å². The van der Waals surface area contributed by atoms with Gasteiger partial charge in [-0.05, 0) is 44.2 Å². The van der Waals surface area contributed by atoms with Gasteiger partial charge in [-0.3, -0.25) is 9.59 Å². The molecular formula is C17H19ClFNO5. The number of hydrogen-bond acceptors (Lipinski definition) is 4. The quantitative estimate of drug-likeness (QED) is 0.736. The summed E-state index contributed by atoms with van der Waals surface area (Å²) in [7, 11) is 0. The maximum absolute atomic E-state index is 13.4. The van der Waals surface area contributed by atoms with Gasteiger partial charge in [0.2, 0.25) is 0 Å². The van der Waals surface area contributed by atoms with Crippen LogP contribution in [0, 0.1) is 11.2 Å². The molecule has 6 nitrogen and oxygen atoms in total. The van der Waals surface area contributed by atoms with Gasteiger partial charge in [-0.1, -0.05) is 11.6 Å². The van der Waals surface area contributed by atoms with E-state index in [9.17, 15) is 24.2 Å². The van der Waals surface area contributed by atoms with Crippen molar-refractivity contribution in [1.82, 2.24) is 5.32 Å². The molecule has 3 saturated carbocycles. The van der Waals surface area contributed by atoms with Crippen LogP contribution in [0.1, 0.15) is 32.1 Å². The summed E-state index contributed by atoms with van der Waals surface area (Å²) in [5, 5.41) is 22.5. The lowest BCUT2D eigenvalue weighted by molar-refractivity contribution is -0.173. The second kappa shape index (κ2) is 6.46. The van der Waals surface area contributed by atoms with Crippen LogP contribution in [0.25, 0.3) is 0 Å². The Morgan fingerprint density at radius 3 is 2.56 bits per heavy atom. The number of aliphatic hydroxyl groups excluding tert-OH is 1. The van der Waals surface area contributed by atoms with Gasteiger partial charge >= 0.3 is 5.97 Å². The highest BCUT2D eigenvalue weighted by atomic mass is 35.5. The number of aliphatic hydroxyl groups is 1. The Morgan fingerprint density at radius 1 is 1.32 bits per heavy atom. The number of amides is 1. The van der Waals surface area contributed by atoms with E-state index in [4.69, 9.17) is 16.3 Å². The second-order valence-corrected chi connectivity index (χ2v) is 7.28. The fourth-order valence-electron chi connectivity index (χ4n) is 3.86. The van der Waals surface area contributed by atoms with Crippen LogP contribution >= 0.6 is 11.6 Å². The van der Waals surface area contributed by atoms with Crippen LogP contribution < -0.4 is 10.1 Å². The predicted molar refractivity (Wildman–Crippen MR) is 86.9 cm³/mol. The molecule has 0 spiro atoms. The van der Waals surface area contributed by atoms with E-state index >= 15 is 0 Å². The third-order valence-corrected chi connectivity index (χ3v) is 5.72. The van der Waals surface area contributed by atoms with Gasteiger partial charge in [0.15, 0.2) is 6.61 Å². The Labute approximate surface area is 148 Å². The molecule has 0 radical (unpaired) electrons. The first kappa shape index (κ1) is 17.9. The molecule has 8 heteroatoms. The van der Waals surface area contributed by atoms with E-state index in [0.717, 1.165) is 6.07 Å². The van der Waals surface area contributed by atoms with Gasteiger partial charge in [0.25, 0.3) is 5.91 Å². The average Bonchev–Trinajstić information content (AvgIpc) is 2.56. The molecule has 1 atom stereocenters. The number of hydrogen-bond donors (Lipinski definition) is 3. The van der Waals surface area contributed by atoms with Crippen molar-refractivity contribution in [3.05, 3.63) is 29.0 Å². The van der Waals surface area contributed by atoms with Gasteiger partial charge in [0, 0.05) is 11.6 Å². The molecule has 25 heavy (non-hydrogen) atoms. The fourth-order valence-corrected chi connectivity index (χ4v) is 3.97. The number of carbonyl (C=O) groups excluding carboxylic acids is 1. The second-order valence-electron chi connectivity index (χ2n) is 6.87. The molecule has 0 aliphatic heterocycles. The number of halogens is 2. The van der Waals surface area contributed by atoms with E-state index < -0.39 is 34.8 Å². The van der Waals surface area contributed by atoms with Crippen LogP contribution in [-0.2, 0) is 9.59 Å². The van der Waals surface area contributed by atoms with E-state index in [1.807, 2.05) is 0 Å². The summed E-state index contributed by atoms with van der Waals surface area (Å²) in [5.74, 6) is -1.82. The molecule has 3 aliphatic rings. The zero-order valence-electron chi connectivity index (χ0n) is 13.4. The fraction of sp³-hybridized carbons (Fsp3) is 0.529. The Bertz CT molecular complexity index is 702. The number of carboxylic acid groups (broad SMARTS) is 1. The standard InChI is InChI=1S/C17H19ClFNO5/c18-11-2-1-10(7-12(11)19)25-9-14(22)20-16-3-5-17(6-4-16,15(23)24)13(21)8-16/h1-2,7,13,21H,3-6,8-9H2,(H,20,22)(H,23,24)/t13-,16?,17?/m1/s1. The van der Waals surface area contributed by atoms with Crippen LogP contribution in [0.15, 0.2) is 18.2 Å². The molecule has 0 aromatic heterocycles. The van der Waals surface area contributed by atoms with Crippen molar-refractivity contribution in [2.45, 2.75) is 43.7 Å². The van der Waals surface area contributed by atoms with Crippen molar-refractivity contribution in [2.24, 2.45) is 5.41 Å². The molecule has 3 aliphatic carbocycles. The van der Waals surface area contributed by atoms with Crippen LogP contribution in [-0.4, -0.2) is 40.3 Å². The lowest BCUT2D eigenvalue weighted by Gasteiger charge is -2.54. The molecule has 3 fully saturated rings. The minimum absolute atomic E-state index is 0.0315. The van der Waals surface area contributed by atoms with Crippen molar-refractivity contribution in [2.75, 3.05) is 6.61 Å². The van der Waals surface area contributed by atoms with Crippen molar-refractivity contribution in [3.63, 3.8) is 0 Å². The highest BCUT2D eigenvalue weighted by molar-refractivity contribution is 6.30. The van der Waals surface area contributed by atoms with E-state index in [2.05, 4.69) is 5.32 Å². The molecule has 2 bridgehead atoms. The first-order valence-corrected chi connectivity index (χ1v) is 8.45. The third-order valence-electron chi connectivity index (χ3n) is 5.41. The lowest BCUT2D eigenvalue weighted by Crippen LogP contribution is -2.64. The van der Waals surface area contributed by atoms with Crippen LogP contribution in [0.3, 0.4) is 0 Å². The number of benzene rings is 1. The molecule has 0 saturated heterocycles. The van der Waals surface area contributed by atoms with E-state index in [1.165, 1.54) is 12.1 Å². The summed E-state index contributed by atoms with van der Waals surface area (Å²) in [6.45, 7) is -0.303. The smallest absolute Gasteiger partial charge is 0.312 e. The number of ether oxygens (including phenoxy) is 1. The Morgan fingerprint density at radius 2 is 2.00 bits per heavy atom. The third kappa shape index (κ3) is 3.30. The summed E-state index contributed by atoms with van der Waals surface area (Å²) >= 11 is 5.59. The number of carbonyl (C=O) groups is 2. The first-order chi connectivity index (χ1) is 11.8. The lowest BCUT2D eigenvalue weighted by atomic mass is 9.55. The molecule has 0 heterocycles. The summed E-state index contributed by atoms with van der Waals surface area (Å²) < 4.78 is 18.6. The molecule has 4 rings (SSSR count). The summed E-state index contributed by atoms with van der Waals surface area (Å²) in [4.78, 5) is 23.7. The maximum Gasteiger partial charge on any atom is 0.312 e. The van der Waals surface area contributed by atoms with Gasteiger partial charge in [-0.15, -0.1) is 0 Å². The SMILES string of the molecule is O=C(COc1ccc(Cl)c(F)c1)NC12CCC(C(=O)O)(CC1)[C@H](O)C2. The highest BCUT2D eigenvalue weighted by Crippen LogP contribution is 2.52. The van der Waals surface area contributed by atoms with E-state index in [-0.39, 0.29) is 23.8 Å². The predicted octanol–water partition coefficient (Wildman–Crippen LogP) is 2.12. The molecule has 1 aromatic carbocycles. The largest absolute Gasteiger partial charge is 0.484 e. The molecule has 136 valence electrons. The van der Waals surface area contributed by atoms with Gasteiger partial charge in [-0.25, -0.2) is 4.39 Å². The van der Waals surface area contributed by atoms with Crippen molar-refractivity contribution in [3.8, 4) is 5.75 Å². The van der Waals surface area contributed by atoms with Gasteiger partial charge < -0.3 is 20.3 Å². The van der Waals surface area contributed by atoms with Gasteiger partial charge in [0.05, 0.1) is 16.5 Å². The maximum atomic E-state index is 13.4. The zero-order chi connectivity index (χ0) is 18.2. The van der Waals surface area contributed by atoms with Crippen molar-refractivity contribution >= 4 is 23.5 Å². The Kier molecular flexibility index (Phi) is 4.64. The molecule has 1 aromatic rings. The Hall–Kier alpha value is -1.86. The zero-order valence-corrected chi connectivity index (χ0v) is 14.2. The minimum Gasteiger partial charge on any atom is -0.484 e. The summed E-state index contributed by atoms with van der Waals surface area (Å²) in [6, 6.07) is 3.90. The monoisotopic (exact) mass is 371 g/mol. The number of nitrogens with one attached hydrogen (secondary N) is 1. The molecule has 0 unspecified atom stereocenters. The van der Waals surface area contributed by atoms with Crippen molar-refractivity contribution in [1.29, 1.82) is 0 Å². The number of aliphatic carboxylic acids is 1. The molecule has 1 amide bonds. The number of rotatable bonds is 5. The van der Waals surface area contributed by atoms with Crippen molar-refractivity contribution < 1.29 is 28.9 Å². The van der Waals surface area contributed by atoms with Crippen LogP contribution in [0.5, 0.6) is 5.75 Å². The van der Waals surface area contributed by atoms with Crippen LogP contribution in [0.4, 0.5) is 4.39 Å². The summed E-state index contributed by atoms with van der Waals surface area (Å²) in [6.07, 6.45) is 0.870.